The molecule has 0 saturated carbocycles. The molecule has 0 fully saturated rings. The van der Waals surface area contributed by atoms with Gasteiger partial charge in [0.25, 0.3) is 0 Å². The Labute approximate surface area is 104 Å². The molecule has 0 aliphatic carbocycles. The van der Waals surface area contributed by atoms with E-state index < -0.39 is 0 Å². The molecule has 0 unspecified atom stereocenters. The molecule has 0 radical (unpaired) electrons. The quantitative estimate of drug-likeness (QED) is 0.901. The van der Waals surface area contributed by atoms with Crippen LogP contribution in [-0.4, -0.2) is 17.9 Å². The normalized spacial score (nSPS) is 10.2. The Kier molecular flexibility index (Phi) is 3.39. The van der Waals surface area contributed by atoms with E-state index in [-0.39, 0.29) is 5.91 Å². The third kappa shape index (κ3) is 2.82. The molecular weight excluding hydrogens is 234 g/mol. The largest absolute Gasteiger partial charge is 0.399 e. The van der Waals surface area contributed by atoms with Crippen molar-refractivity contribution >= 4 is 28.7 Å². The first-order valence-corrected chi connectivity index (χ1v) is 6.05. The Morgan fingerprint density at radius 2 is 2.35 bits per heavy atom. The third-order valence-electron chi connectivity index (χ3n) is 2.39. The van der Waals surface area contributed by atoms with Gasteiger partial charge in [0, 0.05) is 29.9 Å². The fourth-order valence-electron chi connectivity index (χ4n) is 1.43. The molecule has 0 saturated heterocycles. The molecule has 2 rings (SSSR count). The van der Waals surface area contributed by atoms with Crippen molar-refractivity contribution in [3.8, 4) is 0 Å². The molecule has 5 heteroatoms. The number of carbonyl (C=O) groups is 1. The van der Waals surface area contributed by atoms with E-state index >= 15 is 0 Å². The van der Waals surface area contributed by atoms with Gasteiger partial charge in [0.2, 0.25) is 5.91 Å². The molecule has 88 valence electrons. The second-order valence-electron chi connectivity index (χ2n) is 3.66. The topological polar surface area (TPSA) is 59.2 Å². The number of hydrogen-bond acceptors (Lipinski definition) is 4. The number of aromatic nitrogens is 1. The van der Waals surface area contributed by atoms with Gasteiger partial charge in [-0.1, -0.05) is 6.07 Å². The van der Waals surface area contributed by atoms with Crippen molar-refractivity contribution in [3.63, 3.8) is 0 Å². The summed E-state index contributed by atoms with van der Waals surface area (Å²) in [6, 6.07) is 7.27. The molecule has 2 aromatic heterocycles. The number of nitrogen functional groups attached to an aromatic ring is 1. The molecule has 2 aromatic rings. The second kappa shape index (κ2) is 4.97. The van der Waals surface area contributed by atoms with E-state index in [9.17, 15) is 4.79 Å². The molecule has 17 heavy (non-hydrogen) atoms. The van der Waals surface area contributed by atoms with Crippen LogP contribution in [0.3, 0.4) is 0 Å². The first-order chi connectivity index (χ1) is 8.16. The summed E-state index contributed by atoms with van der Waals surface area (Å²) in [6.45, 7) is 0. The third-order valence-corrected chi connectivity index (χ3v) is 3.27. The Balaban J connectivity index is 2.09. The number of hydrogen-bond donors (Lipinski definition) is 1. The standard InChI is InChI=1S/C12H13N3OS/c1-15(11-7-9(13)4-5-14-11)12(16)8-10-3-2-6-17-10/h2-7H,8H2,1H3,(H2,13,14). The molecule has 2 heterocycles. The van der Waals surface area contributed by atoms with Crippen LogP contribution in [0.25, 0.3) is 0 Å². The summed E-state index contributed by atoms with van der Waals surface area (Å²) >= 11 is 1.57. The summed E-state index contributed by atoms with van der Waals surface area (Å²) in [6.07, 6.45) is 1.99. The zero-order chi connectivity index (χ0) is 12.3. The molecule has 0 aliphatic heterocycles. The average molecular weight is 247 g/mol. The van der Waals surface area contributed by atoms with Crippen LogP contribution in [0.1, 0.15) is 4.88 Å². The maximum atomic E-state index is 12.0. The van der Waals surface area contributed by atoms with E-state index in [2.05, 4.69) is 4.98 Å². The zero-order valence-electron chi connectivity index (χ0n) is 9.46. The summed E-state index contributed by atoms with van der Waals surface area (Å²) in [5.74, 6) is 0.581. The van der Waals surface area contributed by atoms with Crippen LogP contribution < -0.4 is 10.6 Å². The van der Waals surface area contributed by atoms with Crippen molar-refractivity contribution in [1.29, 1.82) is 0 Å². The highest BCUT2D eigenvalue weighted by Gasteiger charge is 2.13. The van der Waals surface area contributed by atoms with Gasteiger partial charge < -0.3 is 5.73 Å². The molecule has 0 aliphatic rings. The average Bonchev–Trinajstić information content (AvgIpc) is 2.80. The number of pyridine rings is 1. The van der Waals surface area contributed by atoms with E-state index in [1.54, 1.807) is 36.7 Å². The molecule has 0 aromatic carbocycles. The number of anilines is 2. The number of amides is 1. The lowest BCUT2D eigenvalue weighted by atomic mass is 10.3. The van der Waals surface area contributed by atoms with Crippen LogP contribution in [-0.2, 0) is 11.2 Å². The number of likely N-dealkylation sites (N-methyl/N-ethyl adjacent to an activating group) is 1. The maximum Gasteiger partial charge on any atom is 0.233 e. The van der Waals surface area contributed by atoms with E-state index in [4.69, 9.17) is 5.73 Å². The first-order valence-electron chi connectivity index (χ1n) is 5.17. The number of nitrogens with two attached hydrogens (primary N) is 1. The highest BCUT2D eigenvalue weighted by molar-refractivity contribution is 7.10. The lowest BCUT2D eigenvalue weighted by Crippen LogP contribution is -2.28. The van der Waals surface area contributed by atoms with Crippen LogP contribution in [0.2, 0.25) is 0 Å². The lowest BCUT2D eigenvalue weighted by Gasteiger charge is -2.15. The van der Waals surface area contributed by atoms with Crippen molar-refractivity contribution in [2.45, 2.75) is 6.42 Å². The van der Waals surface area contributed by atoms with Crippen LogP contribution in [0.5, 0.6) is 0 Å². The van der Waals surface area contributed by atoms with Crippen molar-refractivity contribution in [2.75, 3.05) is 17.7 Å². The van der Waals surface area contributed by atoms with Crippen molar-refractivity contribution in [2.24, 2.45) is 0 Å². The van der Waals surface area contributed by atoms with Crippen LogP contribution in [0.4, 0.5) is 11.5 Å². The van der Waals surface area contributed by atoms with E-state index in [0.717, 1.165) is 4.88 Å². The number of thiophene rings is 1. The Morgan fingerprint density at radius 3 is 3.00 bits per heavy atom. The lowest BCUT2D eigenvalue weighted by molar-refractivity contribution is -0.117. The first kappa shape index (κ1) is 11.6. The van der Waals surface area contributed by atoms with Gasteiger partial charge in [-0.2, -0.15) is 0 Å². The van der Waals surface area contributed by atoms with Crippen molar-refractivity contribution in [3.05, 3.63) is 40.7 Å². The number of rotatable bonds is 3. The maximum absolute atomic E-state index is 12.0. The van der Waals surface area contributed by atoms with E-state index in [0.29, 0.717) is 17.9 Å². The Bertz CT molecular complexity index is 510. The van der Waals surface area contributed by atoms with Crippen molar-refractivity contribution in [1.82, 2.24) is 4.98 Å². The van der Waals surface area contributed by atoms with Crippen LogP contribution >= 0.6 is 11.3 Å². The summed E-state index contributed by atoms with van der Waals surface area (Å²) in [7, 11) is 1.71. The van der Waals surface area contributed by atoms with E-state index in [1.807, 2.05) is 17.5 Å². The van der Waals surface area contributed by atoms with Gasteiger partial charge in [0.15, 0.2) is 0 Å². The minimum Gasteiger partial charge on any atom is -0.399 e. The summed E-state index contributed by atoms with van der Waals surface area (Å²) < 4.78 is 0. The summed E-state index contributed by atoms with van der Waals surface area (Å²) in [4.78, 5) is 18.7. The molecule has 0 bridgehead atoms. The monoisotopic (exact) mass is 247 g/mol. The molecule has 1 amide bonds. The minimum absolute atomic E-state index is 0.00514. The number of carbonyl (C=O) groups excluding carboxylic acids is 1. The molecule has 2 N–H and O–H groups in total. The van der Waals surface area contributed by atoms with Gasteiger partial charge in [0.05, 0.1) is 6.42 Å². The summed E-state index contributed by atoms with van der Waals surface area (Å²) in [5.41, 5.74) is 6.26. The van der Waals surface area contributed by atoms with E-state index in [1.165, 1.54) is 4.90 Å². The molecule has 0 atom stereocenters. The fourth-order valence-corrected chi connectivity index (χ4v) is 2.12. The van der Waals surface area contributed by atoms with Crippen LogP contribution in [0, 0.1) is 0 Å². The fraction of sp³-hybridized carbons (Fsp3) is 0.167. The smallest absolute Gasteiger partial charge is 0.233 e. The van der Waals surface area contributed by atoms with Gasteiger partial charge in [-0.05, 0) is 17.5 Å². The SMILES string of the molecule is CN(C(=O)Cc1cccs1)c1cc(N)ccn1. The molecule has 4 nitrogen and oxygen atoms in total. The van der Waals surface area contributed by atoms with Crippen molar-refractivity contribution < 1.29 is 4.79 Å². The van der Waals surface area contributed by atoms with Crippen LogP contribution in [0.15, 0.2) is 35.8 Å². The van der Waals surface area contributed by atoms with Gasteiger partial charge in [-0.3, -0.25) is 9.69 Å². The van der Waals surface area contributed by atoms with Gasteiger partial charge in [-0.25, -0.2) is 4.98 Å². The minimum atomic E-state index is 0.00514. The predicted octanol–water partition coefficient (Wildman–Crippen LogP) is 1.93. The van der Waals surface area contributed by atoms with Gasteiger partial charge in [-0.15, -0.1) is 11.3 Å². The number of nitrogens with zero attached hydrogens (tertiary/aromatic N) is 2. The highest BCUT2D eigenvalue weighted by Crippen LogP contribution is 2.15. The zero-order valence-corrected chi connectivity index (χ0v) is 10.3. The summed E-state index contributed by atoms with van der Waals surface area (Å²) in [5, 5.41) is 1.96. The Hall–Kier alpha value is -1.88. The predicted molar refractivity (Wildman–Crippen MR) is 70.1 cm³/mol. The van der Waals surface area contributed by atoms with Gasteiger partial charge in [0.1, 0.15) is 5.82 Å². The highest BCUT2D eigenvalue weighted by atomic mass is 32.1. The van der Waals surface area contributed by atoms with Gasteiger partial charge >= 0.3 is 0 Å². The Morgan fingerprint density at radius 1 is 1.53 bits per heavy atom. The molecule has 0 spiro atoms. The second-order valence-corrected chi connectivity index (χ2v) is 4.69. The molecular formula is C12H13N3OS.